The summed E-state index contributed by atoms with van der Waals surface area (Å²) in [5.41, 5.74) is 3.77. The third-order valence-corrected chi connectivity index (χ3v) is 2.66. The molecule has 0 amide bonds. The van der Waals surface area contributed by atoms with Crippen LogP contribution in [0.3, 0.4) is 0 Å². The number of allylic oxidation sites excluding steroid dienone is 2. The molecule has 17 heavy (non-hydrogen) atoms. The van der Waals surface area contributed by atoms with Crippen molar-refractivity contribution in [1.29, 1.82) is 0 Å². The zero-order valence-corrected chi connectivity index (χ0v) is 9.84. The van der Waals surface area contributed by atoms with Crippen molar-refractivity contribution in [3.05, 3.63) is 90.5 Å². The highest BCUT2D eigenvalue weighted by atomic mass is 14.1. The van der Waals surface area contributed by atoms with E-state index in [1.54, 1.807) is 0 Å². The fourth-order valence-electron chi connectivity index (χ4n) is 1.84. The number of benzene rings is 2. The van der Waals surface area contributed by atoms with Crippen LogP contribution in [-0.4, -0.2) is 0 Å². The molecule has 0 atom stereocenters. The topological polar surface area (TPSA) is 0 Å². The van der Waals surface area contributed by atoms with Gasteiger partial charge in [0.1, 0.15) is 0 Å². The first kappa shape index (κ1) is 11.4. The van der Waals surface area contributed by atoms with Crippen molar-refractivity contribution < 1.29 is 0 Å². The van der Waals surface area contributed by atoms with E-state index in [0.29, 0.717) is 0 Å². The summed E-state index contributed by atoms with van der Waals surface area (Å²) in [5.74, 6) is 0. The molecule has 0 heteroatoms. The molecule has 0 nitrogen and oxygen atoms in total. The van der Waals surface area contributed by atoms with Crippen molar-refractivity contribution in [1.82, 2.24) is 0 Å². The van der Waals surface area contributed by atoms with Crippen molar-refractivity contribution >= 4 is 5.57 Å². The molecule has 0 aliphatic rings. The fraction of sp³-hybridized carbons (Fsp3) is 0.0588. The zero-order chi connectivity index (χ0) is 11.9. The predicted molar refractivity (Wildman–Crippen MR) is 74.8 cm³/mol. The maximum atomic E-state index is 3.78. The lowest BCUT2D eigenvalue weighted by atomic mass is 9.97. The standard InChI is InChI=1S/C17H16/c1-2-3-14-17(15-10-6-4-7-11-15)16-12-8-5-9-13-16/h2,4-14H,1,3H2. The van der Waals surface area contributed by atoms with E-state index in [-0.39, 0.29) is 0 Å². The summed E-state index contributed by atoms with van der Waals surface area (Å²) in [4.78, 5) is 0. The number of rotatable bonds is 4. The lowest BCUT2D eigenvalue weighted by Crippen LogP contribution is -1.87. The quantitative estimate of drug-likeness (QED) is 0.655. The summed E-state index contributed by atoms with van der Waals surface area (Å²) in [6.45, 7) is 3.78. The Kier molecular flexibility index (Phi) is 3.93. The average molecular weight is 220 g/mol. The van der Waals surface area contributed by atoms with E-state index in [1.807, 2.05) is 18.2 Å². The minimum Gasteiger partial charge on any atom is -0.103 e. The van der Waals surface area contributed by atoms with Crippen LogP contribution in [0.1, 0.15) is 17.5 Å². The van der Waals surface area contributed by atoms with Crippen LogP contribution in [-0.2, 0) is 0 Å². The summed E-state index contributed by atoms with van der Waals surface area (Å²) < 4.78 is 0. The summed E-state index contributed by atoms with van der Waals surface area (Å²) >= 11 is 0. The van der Waals surface area contributed by atoms with Crippen LogP contribution in [0.15, 0.2) is 79.4 Å². The third-order valence-electron chi connectivity index (χ3n) is 2.66. The van der Waals surface area contributed by atoms with Gasteiger partial charge in [-0.05, 0) is 23.1 Å². The van der Waals surface area contributed by atoms with Crippen molar-refractivity contribution in [2.75, 3.05) is 0 Å². The average Bonchev–Trinajstić information content (AvgIpc) is 2.42. The van der Waals surface area contributed by atoms with Crippen LogP contribution in [0.2, 0.25) is 0 Å². The van der Waals surface area contributed by atoms with E-state index in [0.717, 1.165) is 6.42 Å². The molecule has 0 saturated carbocycles. The monoisotopic (exact) mass is 220 g/mol. The second-order valence-electron chi connectivity index (χ2n) is 3.87. The molecule has 0 bridgehead atoms. The van der Waals surface area contributed by atoms with Crippen molar-refractivity contribution in [2.24, 2.45) is 0 Å². The van der Waals surface area contributed by atoms with Crippen LogP contribution >= 0.6 is 0 Å². The van der Waals surface area contributed by atoms with Gasteiger partial charge in [0.05, 0.1) is 0 Å². The van der Waals surface area contributed by atoms with E-state index in [9.17, 15) is 0 Å². The molecule has 2 aromatic carbocycles. The molecule has 2 aromatic rings. The van der Waals surface area contributed by atoms with E-state index in [2.05, 4.69) is 61.2 Å². The molecule has 0 aliphatic carbocycles. The second kappa shape index (κ2) is 5.86. The summed E-state index contributed by atoms with van der Waals surface area (Å²) in [7, 11) is 0. The molecule has 0 saturated heterocycles. The van der Waals surface area contributed by atoms with Crippen molar-refractivity contribution in [2.45, 2.75) is 6.42 Å². The third kappa shape index (κ3) is 2.94. The maximum Gasteiger partial charge on any atom is -0.0148 e. The molecule has 84 valence electrons. The van der Waals surface area contributed by atoms with Gasteiger partial charge >= 0.3 is 0 Å². The minimum atomic E-state index is 0.888. The smallest absolute Gasteiger partial charge is 0.0148 e. The predicted octanol–water partition coefficient (Wildman–Crippen LogP) is 4.69. The first-order chi connectivity index (χ1) is 8.42. The molecule has 0 spiro atoms. The first-order valence-electron chi connectivity index (χ1n) is 5.83. The minimum absolute atomic E-state index is 0.888. The van der Waals surface area contributed by atoms with E-state index in [1.165, 1.54) is 16.7 Å². The van der Waals surface area contributed by atoms with Crippen LogP contribution in [0.25, 0.3) is 5.57 Å². The highest BCUT2D eigenvalue weighted by Gasteiger charge is 2.02. The van der Waals surface area contributed by atoms with Gasteiger partial charge in [-0.3, -0.25) is 0 Å². The molecular weight excluding hydrogens is 204 g/mol. The normalized spacial score (nSPS) is 9.65. The van der Waals surface area contributed by atoms with Crippen molar-refractivity contribution in [3.8, 4) is 0 Å². The Bertz CT molecular complexity index is 451. The van der Waals surface area contributed by atoms with Crippen LogP contribution in [0, 0.1) is 0 Å². The highest BCUT2D eigenvalue weighted by Crippen LogP contribution is 2.23. The Labute approximate surface area is 103 Å². The summed E-state index contributed by atoms with van der Waals surface area (Å²) in [5, 5.41) is 0. The molecule has 2 rings (SSSR count). The Hall–Kier alpha value is -2.08. The Morgan fingerprint density at radius 1 is 0.824 bits per heavy atom. The molecule has 0 N–H and O–H groups in total. The van der Waals surface area contributed by atoms with Gasteiger partial charge in [-0.25, -0.2) is 0 Å². The van der Waals surface area contributed by atoms with Gasteiger partial charge in [-0.2, -0.15) is 0 Å². The molecule has 0 aliphatic heterocycles. The van der Waals surface area contributed by atoms with E-state index < -0.39 is 0 Å². The van der Waals surface area contributed by atoms with Crippen LogP contribution in [0.4, 0.5) is 0 Å². The SMILES string of the molecule is C=CCC=C(c1ccccc1)c1ccccc1. The largest absolute Gasteiger partial charge is 0.103 e. The Morgan fingerprint density at radius 3 is 1.71 bits per heavy atom. The fourth-order valence-corrected chi connectivity index (χ4v) is 1.84. The Morgan fingerprint density at radius 2 is 1.29 bits per heavy atom. The van der Waals surface area contributed by atoms with Crippen molar-refractivity contribution in [3.63, 3.8) is 0 Å². The van der Waals surface area contributed by atoms with Gasteiger partial charge in [-0.15, -0.1) is 6.58 Å². The lowest BCUT2D eigenvalue weighted by molar-refractivity contribution is 1.39. The van der Waals surface area contributed by atoms with Crippen LogP contribution < -0.4 is 0 Å². The zero-order valence-electron chi connectivity index (χ0n) is 9.84. The maximum absolute atomic E-state index is 3.78. The summed E-state index contributed by atoms with van der Waals surface area (Å²) in [6, 6.07) is 20.9. The first-order valence-corrected chi connectivity index (χ1v) is 5.83. The lowest BCUT2D eigenvalue weighted by Gasteiger charge is -2.08. The number of hydrogen-bond acceptors (Lipinski definition) is 0. The molecule has 0 aromatic heterocycles. The van der Waals surface area contributed by atoms with Gasteiger partial charge in [0.2, 0.25) is 0 Å². The van der Waals surface area contributed by atoms with E-state index in [4.69, 9.17) is 0 Å². The molecule has 0 heterocycles. The van der Waals surface area contributed by atoms with Gasteiger partial charge in [0, 0.05) is 0 Å². The van der Waals surface area contributed by atoms with Gasteiger partial charge in [-0.1, -0.05) is 72.8 Å². The van der Waals surface area contributed by atoms with Gasteiger partial charge in [0.25, 0.3) is 0 Å². The Balaban J connectivity index is 2.43. The van der Waals surface area contributed by atoms with Crippen LogP contribution in [0.5, 0.6) is 0 Å². The molecule has 0 radical (unpaired) electrons. The molecular formula is C17H16. The van der Waals surface area contributed by atoms with E-state index >= 15 is 0 Å². The highest BCUT2D eigenvalue weighted by molar-refractivity contribution is 5.79. The summed E-state index contributed by atoms with van der Waals surface area (Å²) in [6.07, 6.45) is 5.03. The molecule has 0 unspecified atom stereocenters. The second-order valence-corrected chi connectivity index (χ2v) is 3.87. The number of hydrogen-bond donors (Lipinski definition) is 0. The molecule has 0 fully saturated rings. The van der Waals surface area contributed by atoms with Gasteiger partial charge < -0.3 is 0 Å². The van der Waals surface area contributed by atoms with Gasteiger partial charge in [0.15, 0.2) is 0 Å².